The number of H-pyrrole nitrogens is 1. The first-order valence-electron chi connectivity index (χ1n) is 12.2. The fraction of sp³-hybridized carbons (Fsp3) is 0.423. The van der Waals surface area contributed by atoms with Crippen molar-refractivity contribution >= 4 is 39.5 Å². The number of hydrogen-bond donors (Lipinski definition) is 2. The molecule has 1 aliphatic carbocycles. The minimum atomic E-state index is -0.435. The van der Waals surface area contributed by atoms with Crippen LogP contribution >= 0.6 is 11.6 Å². The van der Waals surface area contributed by atoms with Crippen molar-refractivity contribution in [2.75, 3.05) is 6.61 Å². The normalized spacial score (nSPS) is 21.1. The number of imidazole rings is 1. The number of fused-ring (bicyclic) bond motifs is 2. The van der Waals surface area contributed by atoms with Gasteiger partial charge < -0.3 is 14.8 Å². The molecule has 0 aromatic carbocycles. The van der Waals surface area contributed by atoms with Gasteiger partial charge in [0.05, 0.1) is 35.9 Å². The third-order valence-electron chi connectivity index (χ3n) is 7.28. The van der Waals surface area contributed by atoms with Crippen LogP contribution in [0.1, 0.15) is 44.1 Å². The van der Waals surface area contributed by atoms with Gasteiger partial charge in [-0.15, -0.1) is 0 Å². The molecule has 4 aromatic heterocycles. The Balaban J connectivity index is 1.51. The van der Waals surface area contributed by atoms with Crippen molar-refractivity contribution < 1.29 is 9.84 Å². The van der Waals surface area contributed by atoms with Crippen LogP contribution in [0.4, 0.5) is 0 Å². The van der Waals surface area contributed by atoms with Gasteiger partial charge in [0.2, 0.25) is 0 Å². The van der Waals surface area contributed by atoms with Crippen LogP contribution in [-0.2, 0) is 11.3 Å². The number of nitrogens with one attached hydrogen (secondary N) is 1. The molecule has 0 bridgehead atoms. The van der Waals surface area contributed by atoms with Crippen molar-refractivity contribution in [3.8, 4) is 11.1 Å². The number of aromatic nitrogens is 5. The molecule has 2 atom stereocenters. The Morgan fingerprint density at radius 3 is 2.91 bits per heavy atom. The summed E-state index contributed by atoms with van der Waals surface area (Å²) in [6, 6.07) is 2.03. The number of aliphatic hydroxyl groups is 1. The van der Waals surface area contributed by atoms with Crippen molar-refractivity contribution in [3.05, 3.63) is 51.8 Å². The van der Waals surface area contributed by atoms with E-state index >= 15 is 0 Å². The van der Waals surface area contributed by atoms with E-state index in [0.717, 1.165) is 64.6 Å². The lowest BCUT2D eigenvalue weighted by Crippen LogP contribution is -2.35. The summed E-state index contributed by atoms with van der Waals surface area (Å²) in [6.45, 7) is 2.75. The van der Waals surface area contributed by atoms with Crippen molar-refractivity contribution in [2.24, 2.45) is 0 Å². The summed E-state index contributed by atoms with van der Waals surface area (Å²) in [6.07, 6.45) is 12.4. The molecule has 8 nitrogen and oxygen atoms in total. The molecule has 1 saturated heterocycles. The van der Waals surface area contributed by atoms with Crippen LogP contribution in [-0.4, -0.2) is 48.0 Å². The van der Waals surface area contributed by atoms with Crippen LogP contribution in [0.25, 0.3) is 39.0 Å². The third-order valence-corrected chi connectivity index (χ3v) is 7.58. The highest BCUT2D eigenvalue weighted by Crippen LogP contribution is 2.33. The van der Waals surface area contributed by atoms with E-state index in [0.29, 0.717) is 36.7 Å². The van der Waals surface area contributed by atoms with Gasteiger partial charge in [-0.3, -0.25) is 4.57 Å². The van der Waals surface area contributed by atoms with Crippen LogP contribution in [0.15, 0.2) is 35.5 Å². The van der Waals surface area contributed by atoms with Crippen LogP contribution in [0.5, 0.6) is 0 Å². The molecule has 2 N–H and O–H groups in total. The Labute approximate surface area is 207 Å². The number of allylic oxidation sites excluding steroid dienone is 2. The lowest BCUT2D eigenvalue weighted by Gasteiger charge is -2.26. The molecular weight excluding hydrogens is 466 g/mol. The zero-order valence-electron chi connectivity index (χ0n) is 19.6. The Hall–Kier alpha value is -2.94. The molecule has 1 fully saturated rings. The van der Waals surface area contributed by atoms with Gasteiger partial charge in [0, 0.05) is 40.8 Å². The Morgan fingerprint density at radius 2 is 2.14 bits per heavy atom. The first-order chi connectivity index (χ1) is 17.0. The smallest absolute Gasteiger partial charge is 0.334 e. The number of aliphatic hydroxyl groups excluding tert-OH is 1. The molecule has 5 heterocycles. The highest BCUT2D eigenvalue weighted by atomic mass is 35.5. The van der Waals surface area contributed by atoms with Crippen LogP contribution in [0.2, 0.25) is 5.02 Å². The van der Waals surface area contributed by atoms with Gasteiger partial charge in [-0.2, -0.15) is 0 Å². The molecule has 0 saturated carbocycles. The van der Waals surface area contributed by atoms with Crippen molar-refractivity contribution in [1.82, 2.24) is 24.1 Å². The number of hydrogen-bond acceptors (Lipinski definition) is 5. The first-order valence-corrected chi connectivity index (χ1v) is 12.6. The quantitative estimate of drug-likeness (QED) is 0.431. The maximum atomic E-state index is 13.7. The second-order valence-electron chi connectivity index (χ2n) is 9.58. The number of aromatic amines is 1. The topological polar surface area (TPSA) is 98.0 Å². The average Bonchev–Trinajstić information content (AvgIpc) is 3.38. The summed E-state index contributed by atoms with van der Waals surface area (Å²) < 4.78 is 9.41. The van der Waals surface area contributed by atoms with Crippen LogP contribution in [0.3, 0.4) is 0 Å². The fourth-order valence-electron chi connectivity index (χ4n) is 5.38. The second kappa shape index (κ2) is 8.93. The lowest BCUT2D eigenvalue weighted by molar-refractivity contribution is -0.0609. The van der Waals surface area contributed by atoms with Crippen molar-refractivity contribution in [3.63, 3.8) is 0 Å². The van der Waals surface area contributed by atoms with Crippen molar-refractivity contribution in [2.45, 2.75) is 64.2 Å². The molecule has 0 amide bonds. The number of aryl methyl sites for hydroxylation is 1. The maximum absolute atomic E-state index is 13.7. The minimum absolute atomic E-state index is 0.0912. The lowest BCUT2D eigenvalue weighted by atomic mass is 10.0. The Bertz CT molecular complexity index is 1510. The summed E-state index contributed by atoms with van der Waals surface area (Å²) in [4.78, 5) is 26.2. The van der Waals surface area contributed by atoms with Crippen molar-refractivity contribution in [1.29, 1.82) is 0 Å². The van der Waals surface area contributed by atoms with E-state index in [9.17, 15) is 9.90 Å². The number of ether oxygens (including phenoxy) is 1. The highest BCUT2D eigenvalue weighted by Gasteiger charge is 2.25. The number of pyridine rings is 2. The largest absolute Gasteiger partial charge is 0.391 e. The fourth-order valence-corrected chi connectivity index (χ4v) is 5.66. The highest BCUT2D eigenvalue weighted by molar-refractivity contribution is 6.35. The predicted octanol–water partition coefficient (Wildman–Crippen LogP) is 4.66. The third kappa shape index (κ3) is 3.90. The number of nitrogens with zero attached hydrogens (tertiary/aromatic N) is 4. The molecule has 2 aliphatic rings. The number of halogens is 1. The standard InChI is InChI=1S/C26H28ClN5O3/c1-15-20(11-28-24-23(15)21(27)12-29-24)16-9-22-25(30-10-16)32(17-5-3-2-4-6-17)26(34)31(22)13-19-8-7-18(33)14-35-19/h5,9-12,18-19,33H,2-4,6-8,13-14H2,1H3,(H,28,29)/t18-,19-/m1/s1. The molecule has 6 rings (SSSR count). The summed E-state index contributed by atoms with van der Waals surface area (Å²) in [5.41, 5.74) is 5.92. The molecule has 182 valence electrons. The summed E-state index contributed by atoms with van der Waals surface area (Å²) in [7, 11) is 0. The van der Waals surface area contributed by atoms with E-state index in [4.69, 9.17) is 21.3 Å². The average molecular weight is 494 g/mol. The van der Waals surface area contributed by atoms with E-state index in [1.54, 1.807) is 15.3 Å². The van der Waals surface area contributed by atoms with Crippen LogP contribution in [0, 0.1) is 6.92 Å². The van der Waals surface area contributed by atoms with Gasteiger partial charge in [0.15, 0.2) is 5.65 Å². The van der Waals surface area contributed by atoms with Gasteiger partial charge in [0.1, 0.15) is 5.65 Å². The summed E-state index contributed by atoms with van der Waals surface area (Å²) in [5.74, 6) is 0. The molecule has 0 spiro atoms. The zero-order valence-corrected chi connectivity index (χ0v) is 20.4. The van der Waals surface area contributed by atoms with E-state index in [-0.39, 0.29) is 11.8 Å². The van der Waals surface area contributed by atoms with Gasteiger partial charge in [-0.05, 0) is 57.1 Å². The van der Waals surface area contributed by atoms with Crippen LogP contribution < -0.4 is 5.69 Å². The maximum Gasteiger partial charge on any atom is 0.334 e. The number of rotatable bonds is 4. The molecule has 1 aliphatic heterocycles. The minimum Gasteiger partial charge on any atom is -0.391 e. The van der Waals surface area contributed by atoms with Gasteiger partial charge in [-0.25, -0.2) is 19.3 Å². The van der Waals surface area contributed by atoms with E-state index in [1.165, 1.54) is 0 Å². The Morgan fingerprint density at radius 1 is 1.26 bits per heavy atom. The second-order valence-corrected chi connectivity index (χ2v) is 9.99. The van der Waals surface area contributed by atoms with Gasteiger partial charge in [0.25, 0.3) is 0 Å². The summed E-state index contributed by atoms with van der Waals surface area (Å²) in [5, 5.41) is 11.3. The summed E-state index contributed by atoms with van der Waals surface area (Å²) >= 11 is 6.41. The van der Waals surface area contributed by atoms with Gasteiger partial charge >= 0.3 is 5.69 Å². The van der Waals surface area contributed by atoms with E-state index in [2.05, 4.69) is 16.0 Å². The zero-order chi connectivity index (χ0) is 24.1. The van der Waals surface area contributed by atoms with E-state index < -0.39 is 6.10 Å². The predicted molar refractivity (Wildman–Crippen MR) is 137 cm³/mol. The van der Waals surface area contributed by atoms with E-state index in [1.807, 2.05) is 25.4 Å². The SMILES string of the molecule is Cc1c(-c2cnc3c(c2)n(C[C@H]2CC[C@@H](O)CO2)c(=O)n3C2=CCCCC2)cnc2[nH]cc(Cl)c12. The monoisotopic (exact) mass is 493 g/mol. The molecule has 9 heteroatoms. The molecule has 35 heavy (non-hydrogen) atoms. The molecule has 0 radical (unpaired) electrons. The molecular formula is C26H28ClN5O3. The molecule has 4 aromatic rings. The van der Waals surface area contributed by atoms with Gasteiger partial charge in [-0.1, -0.05) is 17.7 Å². The Kier molecular flexibility index (Phi) is 5.75. The molecule has 0 unspecified atom stereocenters. The first kappa shape index (κ1) is 22.5.